The SMILES string of the molecule is CC1CCCCC1=NNC(=O)c1ccco1. The minimum Gasteiger partial charge on any atom is -0.459 e. The van der Waals surface area contributed by atoms with Gasteiger partial charge in [0.25, 0.3) is 0 Å². The van der Waals surface area contributed by atoms with Crippen molar-refractivity contribution in [3.63, 3.8) is 0 Å². The van der Waals surface area contributed by atoms with E-state index >= 15 is 0 Å². The van der Waals surface area contributed by atoms with Gasteiger partial charge in [-0.3, -0.25) is 4.79 Å². The van der Waals surface area contributed by atoms with Crippen LogP contribution in [0.25, 0.3) is 0 Å². The summed E-state index contributed by atoms with van der Waals surface area (Å²) >= 11 is 0. The van der Waals surface area contributed by atoms with Crippen LogP contribution in [0.5, 0.6) is 0 Å². The monoisotopic (exact) mass is 220 g/mol. The fourth-order valence-corrected chi connectivity index (χ4v) is 1.92. The molecule has 1 fully saturated rings. The van der Waals surface area contributed by atoms with Crippen LogP contribution in [0.1, 0.15) is 43.2 Å². The third-order valence-corrected chi connectivity index (χ3v) is 2.93. The molecule has 1 aliphatic carbocycles. The number of rotatable bonds is 2. The standard InChI is InChI=1S/C12H16N2O2/c1-9-5-2-3-6-10(9)13-14-12(15)11-7-4-8-16-11/h4,7-9H,2-3,5-6H2,1H3,(H,14,15). The zero-order valence-electron chi connectivity index (χ0n) is 9.40. The van der Waals surface area contributed by atoms with Crippen molar-refractivity contribution in [1.82, 2.24) is 5.43 Å². The molecule has 0 saturated heterocycles. The van der Waals surface area contributed by atoms with Crippen LogP contribution >= 0.6 is 0 Å². The van der Waals surface area contributed by atoms with Crippen LogP contribution in [-0.2, 0) is 0 Å². The summed E-state index contributed by atoms with van der Waals surface area (Å²) < 4.78 is 4.98. The highest BCUT2D eigenvalue weighted by molar-refractivity contribution is 5.93. The molecule has 1 saturated carbocycles. The van der Waals surface area contributed by atoms with Crippen molar-refractivity contribution in [2.75, 3.05) is 0 Å². The third-order valence-electron chi connectivity index (χ3n) is 2.93. The van der Waals surface area contributed by atoms with Gasteiger partial charge in [-0.15, -0.1) is 0 Å². The van der Waals surface area contributed by atoms with Crippen LogP contribution in [0.15, 0.2) is 27.9 Å². The number of hydrogen-bond acceptors (Lipinski definition) is 3. The summed E-state index contributed by atoms with van der Waals surface area (Å²) in [5, 5.41) is 4.18. The molecule has 1 amide bonds. The summed E-state index contributed by atoms with van der Waals surface area (Å²) in [4.78, 5) is 11.5. The maximum atomic E-state index is 11.5. The van der Waals surface area contributed by atoms with Gasteiger partial charge < -0.3 is 4.42 Å². The van der Waals surface area contributed by atoms with Gasteiger partial charge in [0.1, 0.15) is 0 Å². The average Bonchev–Trinajstić information content (AvgIpc) is 2.81. The Kier molecular flexibility index (Phi) is 3.39. The van der Waals surface area contributed by atoms with Crippen LogP contribution in [0, 0.1) is 5.92 Å². The highest BCUT2D eigenvalue weighted by Gasteiger charge is 2.16. The first kappa shape index (κ1) is 10.9. The molecule has 0 radical (unpaired) electrons. The predicted octanol–water partition coefficient (Wildman–Crippen LogP) is 2.58. The molecule has 0 bridgehead atoms. The van der Waals surface area contributed by atoms with Gasteiger partial charge in [0.2, 0.25) is 0 Å². The minimum absolute atomic E-state index is 0.282. The number of hydrogen-bond donors (Lipinski definition) is 1. The van der Waals surface area contributed by atoms with Crippen molar-refractivity contribution in [2.45, 2.75) is 32.6 Å². The van der Waals surface area contributed by atoms with Crippen molar-refractivity contribution in [3.05, 3.63) is 24.2 Å². The van der Waals surface area contributed by atoms with E-state index in [9.17, 15) is 4.79 Å². The Morgan fingerprint density at radius 2 is 2.44 bits per heavy atom. The maximum Gasteiger partial charge on any atom is 0.307 e. The molecule has 2 rings (SSSR count). The molecular weight excluding hydrogens is 204 g/mol. The maximum absolute atomic E-state index is 11.5. The van der Waals surface area contributed by atoms with E-state index in [1.54, 1.807) is 12.1 Å². The second-order valence-electron chi connectivity index (χ2n) is 4.17. The number of carbonyl (C=O) groups excluding carboxylic acids is 1. The largest absolute Gasteiger partial charge is 0.459 e. The molecule has 1 heterocycles. The van der Waals surface area contributed by atoms with E-state index in [1.165, 1.54) is 19.1 Å². The summed E-state index contributed by atoms with van der Waals surface area (Å²) in [6.45, 7) is 2.15. The van der Waals surface area contributed by atoms with E-state index < -0.39 is 0 Å². The Balaban J connectivity index is 1.95. The van der Waals surface area contributed by atoms with Crippen LogP contribution in [-0.4, -0.2) is 11.6 Å². The van der Waals surface area contributed by atoms with E-state index in [2.05, 4.69) is 17.5 Å². The number of nitrogens with zero attached hydrogens (tertiary/aromatic N) is 1. The normalized spacial score (nSPS) is 23.3. The lowest BCUT2D eigenvalue weighted by Gasteiger charge is -2.19. The second-order valence-corrected chi connectivity index (χ2v) is 4.17. The van der Waals surface area contributed by atoms with Crippen molar-refractivity contribution in [2.24, 2.45) is 11.0 Å². The van der Waals surface area contributed by atoms with E-state index in [4.69, 9.17) is 4.42 Å². The Bertz CT molecular complexity index is 382. The van der Waals surface area contributed by atoms with E-state index in [1.807, 2.05) is 0 Å². The summed E-state index contributed by atoms with van der Waals surface area (Å²) in [5.41, 5.74) is 3.63. The van der Waals surface area contributed by atoms with Gasteiger partial charge in [-0.1, -0.05) is 13.3 Å². The molecule has 0 aromatic carbocycles. The third kappa shape index (κ3) is 2.51. The van der Waals surface area contributed by atoms with Crippen LogP contribution < -0.4 is 5.43 Å². The fourth-order valence-electron chi connectivity index (χ4n) is 1.92. The Morgan fingerprint density at radius 1 is 1.56 bits per heavy atom. The fraction of sp³-hybridized carbons (Fsp3) is 0.500. The number of furan rings is 1. The lowest BCUT2D eigenvalue weighted by molar-refractivity contribution is 0.0927. The zero-order valence-corrected chi connectivity index (χ0v) is 9.40. The lowest BCUT2D eigenvalue weighted by Crippen LogP contribution is -2.23. The molecule has 1 aromatic rings. The topological polar surface area (TPSA) is 54.6 Å². The van der Waals surface area contributed by atoms with E-state index in [0.717, 1.165) is 18.6 Å². The molecule has 16 heavy (non-hydrogen) atoms. The van der Waals surface area contributed by atoms with Crippen LogP contribution in [0.3, 0.4) is 0 Å². The molecule has 1 atom stereocenters. The van der Waals surface area contributed by atoms with Crippen LogP contribution in [0.2, 0.25) is 0 Å². The Morgan fingerprint density at radius 3 is 3.12 bits per heavy atom. The first-order valence-corrected chi connectivity index (χ1v) is 5.67. The molecule has 1 aliphatic rings. The summed E-state index contributed by atoms with van der Waals surface area (Å²) in [5.74, 6) is 0.494. The van der Waals surface area contributed by atoms with Gasteiger partial charge in [0, 0.05) is 5.71 Å². The lowest BCUT2D eigenvalue weighted by atomic mass is 9.89. The smallest absolute Gasteiger partial charge is 0.307 e. The summed E-state index contributed by atoms with van der Waals surface area (Å²) in [7, 11) is 0. The zero-order chi connectivity index (χ0) is 11.4. The molecule has 1 N–H and O–H groups in total. The molecule has 4 nitrogen and oxygen atoms in total. The highest BCUT2D eigenvalue weighted by Crippen LogP contribution is 2.20. The molecule has 0 spiro atoms. The number of amides is 1. The Labute approximate surface area is 94.7 Å². The second kappa shape index (κ2) is 4.96. The van der Waals surface area contributed by atoms with Gasteiger partial charge in [-0.2, -0.15) is 5.10 Å². The van der Waals surface area contributed by atoms with Gasteiger partial charge in [0.05, 0.1) is 6.26 Å². The van der Waals surface area contributed by atoms with Crippen molar-refractivity contribution < 1.29 is 9.21 Å². The molecule has 0 aliphatic heterocycles. The first-order chi connectivity index (χ1) is 7.77. The number of hydrazone groups is 1. The van der Waals surface area contributed by atoms with E-state index in [-0.39, 0.29) is 5.91 Å². The quantitative estimate of drug-likeness (QED) is 0.779. The van der Waals surface area contributed by atoms with Crippen molar-refractivity contribution in [3.8, 4) is 0 Å². The van der Waals surface area contributed by atoms with Crippen molar-refractivity contribution in [1.29, 1.82) is 0 Å². The molecular formula is C12H16N2O2. The minimum atomic E-state index is -0.282. The summed E-state index contributed by atoms with van der Waals surface area (Å²) in [6.07, 6.45) is 6.05. The van der Waals surface area contributed by atoms with Crippen LogP contribution in [0.4, 0.5) is 0 Å². The summed E-state index contributed by atoms with van der Waals surface area (Å²) in [6, 6.07) is 3.31. The van der Waals surface area contributed by atoms with Gasteiger partial charge >= 0.3 is 5.91 Å². The van der Waals surface area contributed by atoms with Gasteiger partial charge in [0.15, 0.2) is 5.76 Å². The van der Waals surface area contributed by atoms with E-state index in [0.29, 0.717) is 11.7 Å². The molecule has 1 unspecified atom stereocenters. The Hall–Kier alpha value is -1.58. The number of carbonyl (C=O) groups is 1. The highest BCUT2D eigenvalue weighted by atomic mass is 16.3. The van der Waals surface area contributed by atoms with Gasteiger partial charge in [-0.05, 0) is 37.3 Å². The molecule has 1 aromatic heterocycles. The predicted molar refractivity (Wildman–Crippen MR) is 61.2 cm³/mol. The van der Waals surface area contributed by atoms with Gasteiger partial charge in [-0.25, -0.2) is 5.43 Å². The van der Waals surface area contributed by atoms with Crippen molar-refractivity contribution >= 4 is 11.6 Å². The average molecular weight is 220 g/mol. The molecule has 4 heteroatoms. The first-order valence-electron chi connectivity index (χ1n) is 5.67. The number of nitrogens with one attached hydrogen (secondary N) is 1. The molecule has 86 valence electrons.